The minimum absolute atomic E-state index is 0.109. The van der Waals surface area contributed by atoms with Gasteiger partial charge in [-0.05, 0) is 19.1 Å². The zero-order chi connectivity index (χ0) is 12.0. The first-order chi connectivity index (χ1) is 7.69. The summed E-state index contributed by atoms with van der Waals surface area (Å²) in [6.07, 6.45) is 1.28. The van der Waals surface area contributed by atoms with Crippen molar-refractivity contribution in [1.82, 2.24) is 0 Å². The van der Waals surface area contributed by atoms with Gasteiger partial charge in [0.15, 0.2) is 6.40 Å². The van der Waals surface area contributed by atoms with Gasteiger partial charge in [0.05, 0.1) is 19.4 Å². The van der Waals surface area contributed by atoms with Crippen LogP contribution in [0, 0.1) is 0 Å². The molecule has 1 aromatic carbocycles. The Bertz CT molecular complexity index is 401. The van der Waals surface area contributed by atoms with Crippen LogP contribution in [-0.4, -0.2) is 31.2 Å². The summed E-state index contributed by atoms with van der Waals surface area (Å²) in [6, 6.07) is 4.39. The molecular formula is C11H13NO4. The molecule has 0 saturated carbocycles. The predicted octanol–water partition coefficient (Wildman–Crippen LogP) is 1.88. The molecule has 0 amide bonds. The highest BCUT2D eigenvalue weighted by Gasteiger charge is 2.10. The molecule has 0 aliphatic carbocycles. The number of methoxy groups -OCH3 is 1. The van der Waals surface area contributed by atoms with Crippen LogP contribution in [0.15, 0.2) is 23.2 Å². The van der Waals surface area contributed by atoms with Crippen LogP contribution < -0.4 is 0 Å². The van der Waals surface area contributed by atoms with E-state index in [1.54, 1.807) is 6.07 Å². The highest BCUT2D eigenvalue weighted by atomic mass is 16.5. The van der Waals surface area contributed by atoms with Crippen molar-refractivity contribution in [2.45, 2.75) is 6.92 Å². The van der Waals surface area contributed by atoms with Crippen LogP contribution in [0.5, 0.6) is 5.75 Å². The normalized spacial score (nSPS) is 10.4. The van der Waals surface area contributed by atoms with Gasteiger partial charge < -0.3 is 14.6 Å². The molecule has 0 aliphatic rings. The Labute approximate surface area is 93.3 Å². The molecule has 0 aromatic heterocycles. The molecule has 0 spiro atoms. The van der Waals surface area contributed by atoms with Crippen molar-refractivity contribution in [3.63, 3.8) is 0 Å². The number of hydrogen-bond donors (Lipinski definition) is 1. The number of aliphatic imine (C=N–C) groups is 1. The topological polar surface area (TPSA) is 68.1 Å². The van der Waals surface area contributed by atoms with E-state index >= 15 is 0 Å². The summed E-state index contributed by atoms with van der Waals surface area (Å²) in [7, 11) is 1.25. The van der Waals surface area contributed by atoms with Crippen LogP contribution >= 0.6 is 0 Å². The van der Waals surface area contributed by atoms with E-state index in [0.717, 1.165) is 0 Å². The van der Waals surface area contributed by atoms with Crippen LogP contribution in [0.3, 0.4) is 0 Å². The maximum Gasteiger partial charge on any atom is 0.341 e. The molecule has 0 unspecified atom stereocenters. The van der Waals surface area contributed by atoms with Crippen molar-refractivity contribution in [2.75, 3.05) is 13.7 Å². The van der Waals surface area contributed by atoms with Crippen molar-refractivity contribution in [2.24, 2.45) is 4.99 Å². The standard InChI is InChI=1S/C11H13NO4/c1-3-16-7-12-8-4-5-9(10(13)6-8)11(14)15-2/h4-7,13H,3H2,1-2H3/b12-7-. The van der Waals surface area contributed by atoms with E-state index in [1.165, 1.54) is 25.6 Å². The predicted molar refractivity (Wildman–Crippen MR) is 59.2 cm³/mol. The second-order valence-corrected chi connectivity index (χ2v) is 2.88. The van der Waals surface area contributed by atoms with Gasteiger partial charge in [0.2, 0.25) is 0 Å². The fourth-order valence-electron chi connectivity index (χ4n) is 1.06. The van der Waals surface area contributed by atoms with Gasteiger partial charge in [-0.25, -0.2) is 9.79 Å². The van der Waals surface area contributed by atoms with E-state index < -0.39 is 5.97 Å². The molecule has 0 saturated heterocycles. The second kappa shape index (κ2) is 5.75. The van der Waals surface area contributed by atoms with Crippen LogP contribution in [0.25, 0.3) is 0 Å². The van der Waals surface area contributed by atoms with E-state index in [4.69, 9.17) is 4.74 Å². The Morgan fingerprint density at radius 1 is 1.56 bits per heavy atom. The number of carbonyl (C=O) groups excluding carboxylic acids is 1. The fourth-order valence-corrected chi connectivity index (χ4v) is 1.06. The monoisotopic (exact) mass is 223 g/mol. The number of rotatable bonds is 4. The van der Waals surface area contributed by atoms with Gasteiger partial charge in [0, 0.05) is 6.07 Å². The maximum absolute atomic E-state index is 11.2. The quantitative estimate of drug-likeness (QED) is 0.480. The Balaban J connectivity index is 2.86. The molecule has 5 heteroatoms. The van der Waals surface area contributed by atoms with Gasteiger partial charge in [-0.15, -0.1) is 0 Å². The van der Waals surface area contributed by atoms with Crippen LogP contribution in [0.2, 0.25) is 0 Å². The third kappa shape index (κ3) is 2.98. The Morgan fingerprint density at radius 3 is 2.88 bits per heavy atom. The van der Waals surface area contributed by atoms with E-state index in [9.17, 15) is 9.90 Å². The van der Waals surface area contributed by atoms with E-state index in [1.807, 2.05) is 6.92 Å². The minimum atomic E-state index is -0.585. The molecule has 1 N–H and O–H groups in total. The minimum Gasteiger partial charge on any atom is -0.507 e. The number of aromatic hydroxyl groups is 1. The van der Waals surface area contributed by atoms with Crippen LogP contribution in [0.1, 0.15) is 17.3 Å². The number of carbonyl (C=O) groups is 1. The zero-order valence-electron chi connectivity index (χ0n) is 9.14. The first-order valence-electron chi connectivity index (χ1n) is 4.74. The summed E-state index contributed by atoms with van der Waals surface area (Å²) in [6.45, 7) is 2.36. The summed E-state index contributed by atoms with van der Waals surface area (Å²) >= 11 is 0. The first-order valence-corrected chi connectivity index (χ1v) is 4.74. The van der Waals surface area contributed by atoms with Gasteiger partial charge >= 0.3 is 5.97 Å². The largest absolute Gasteiger partial charge is 0.507 e. The van der Waals surface area contributed by atoms with Gasteiger partial charge in [-0.3, -0.25) is 0 Å². The lowest BCUT2D eigenvalue weighted by Crippen LogP contribution is -2.00. The molecule has 86 valence electrons. The number of nitrogens with zero attached hydrogens (tertiary/aromatic N) is 1. The van der Waals surface area contributed by atoms with Gasteiger partial charge in [0.25, 0.3) is 0 Å². The van der Waals surface area contributed by atoms with Gasteiger partial charge in [-0.1, -0.05) is 0 Å². The molecule has 0 atom stereocenters. The van der Waals surface area contributed by atoms with Crippen LogP contribution in [0.4, 0.5) is 5.69 Å². The molecule has 1 aromatic rings. The summed E-state index contributed by atoms with van der Waals surface area (Å²) in [5.74, 6) is -0.754. The Hall–Kier alpha value is -2.04. The summed E-state index contributed by atoms with van der Waals surface area (Å²) in [5, 5.41) is 9.53. The zero-order valence-corrected chi connectivity index (χ0v) is 9.14. The Morgan fingerprint density at radius 2 is 2.31 bits per heavy atom. The number of benzene rings is 1. The fraction of sp³-hybridized carbons (Fsp3) is 0.273. The number of phenolic OH excluding ortho intramolecular Hbond substituents is 1. The third-order valence-electron chi connectivity index (χ3n) is 1.83. The molecule has 0 aliphatic heterocycles. The van der Waals surface area contributed by atoms with Crippen molar-refractivity contribution in [3.8, 4) is 5.75 Å². The highest BCUT2D eigenvalue weighted by Crippen LogP contribution is 2.24. The number of ether oxygens (including phenoxy) is 2. The van der Waals surface area contributed by atoms with Gasteiger partial charge in [0.1, 0.15) is 11.3 Å². The molecule has 0 radical (unpaired) electrons. The summed E-state index contributed by atoms with van der Waals surface area (Å²) in [4.78, 5) is 15.1. The lowest BCUT2D eigenvalue weighted by atomic mass is 10.2. The van der Waals surface area contributed by atoms with Crippen molar-refractivity contribution in [3.05, 3.63) is 23.8 Å². The molecule has 0 heterocycles. The van der Waals surface area contributed by atoms with Crippen molar-refractivity contribution in [1.29, 1.82) is 0 Å². The molecule has 0 fully saturated rings. The second-order valence-electron chi connectivity index (χ2n) is 2.88. The van der Waals surface area contributed by atoms with E-state index in [2.05, 4.69) is 9.73 Å². The molecule has 16 heavy (non-hydrogen) atoms. The lowest BCUT2D eigenvalue weighted by Gasteiger charge is -2.02. The highest BCUT2D eigenvalue weighted by molar-refractivity contribution is 5.92. The first kappa shape index (κ1) is 12.0. The summed E-state index contributed by atoms with van der Waals surface area (Å²) in [5.41, 5.74) is 0.608. The number of hydrogen-bond acceptors (Lipinski definition) is 5. The van der Waals surface area contributed by atoms with Crippen molar-refractivity contribution < 1.29 is 19.4 Å². The third-order valence-corrected chi connectivity index (χ3v) is 1.83. The number of esters is 1. The maximum atomic E-state index is 11.2. The molecule has 5 nitrogen and oxygen atoms in total. The van der Waals surface area contributed by atoms with E-state index in [0.29, 0.717) is 12.3 Å². The van der Waals surface area contributed by atoms with E-state index in [-0.39, 0.29) is 11.3 Å². The number of phenols is 1. The van der Waals surface area contributed by atoms with Crippen LogP contribution in [-0.2, 0) is 9.47 Å². The Kier molecular flexibility index (Phi) is 4.32. The lowest BCUT2D eigenvalue weighted by molar-refractivity contribution is 0.0597. The average Bonchev–Trinajstić information content (AvgIpc) is 2.29. The van der Waals surface area contributed by atoms with Crippen molar-refractivity contribution >= 4 is 18.1 Å². The molecular weight excluding hydrogens is 210 g/mol. The SMILES string of the molecule is CCO/C=N\c1ccc(C(=O)OC)c(O)c1. The van der Waals surface area contributed by atoms with Gasteiger partial charge in [-0.2, -0.15) is 0 Å². The smallest absolute Gasteiger partial charge is 0.341 e. The summed E-state index contributed by atoms with van der Waals surface area (Å²) < 4.78 is 9.40. The average molecular weight is 223 g/mol. The molecule has 1 rings (SSSR count). The molecule has 0 bridgehead atoms.